The third-order valence-electron chi connectivity index (χ3n) is 3.12. The van der Waals surface area contributed by atoms with E-state index < -0.39 is 5.97 Å². The van der Waals surface area contributed by atoms with Gasteiger partial charge in [0, 0.05) is 22.9 Å². The Morgan fingerprint density at radius 3 is 2.79 bits per heavy atom. The molecule has 0 spiro atoms. The first-order chi connectivity index (χ1) is 9.08. The van der Waals surface area contributed by atoms with Gasteiger partial charge in [0.15, 0.2) is 0 Å². The van der Waals surface area contributed by atoms with Crippen molar-refractivity contribution in [2.45, 2.75) is 6.92 Å². The van der Waals surface area contributed by atoms with Crippen molar-refractivity contribution in [2.75, 3.05) is 0 Å². The Balaban J connectivity index is 2.25. The summed E-state index contributed by atoms with van der Waals surface area (Å²) in [5.74, 6) is -0.900. The van der Waals surface area contributed by atoms with Gasteiger partial charge < -0.3 is 5.11 Å². The number of thiophene rings is 1. The van der Waals surface area contributed by atoms with Crippen molar-refractivity contribution >= 4 is 27.5 Å². The van der Waals surface area contributed by atoms with Gasteiger partial charge in [0.2, 0.25) is 0 Å². The maximum atomic E-state index is 11.3. The lowest BCUT2D eigenvalue weighted by atomic mass is 10.1. The number of nitrogens with zero attached hydrogens (tertiary/aromatic N) is 2. The Hall–Kier alpha value is -2.14. The van der Waals surface area contributed by atoms with Crippen LogP contribution in [0, 0.1) is 6.92 Å². The number of aromatic carboxylic acids is 1. The van der Waals surface area contributed by atoms with Crippen molar-refractivity contribution in [3.63, 3.8) is 0 Å². The first-order valence-electron chi connectivity index (χ1n) is 5.84. The molecule has 0 unspecified atom stereocenters. The Kier molecular flexibility index (Phi) is 2.64. The van der Waals surface area contributed by atoms with Crippen LogP contribution in [0.3, 0.4) is 0 Å². The van der Waals surface area contributed by atoms with Gasteiger partial charge in [0.1, 0.15) is 4.83 Å². The lowest BCUT2D eigenvalue weighted by molar-refractivity contribution is 0.0698. The molecule has 0 aliphatic heterocycles. The number of rotatable bonds is 2. The van der Waals surface area contributed by atoms with E-state index in [1.165, 1.54) is 0 Å². The van der Waals surface area contributed by atoms with E-state index in [0.29, 0.717) is 5.56 Å². The third kappa shape index (κ3) is 1.82. The number of hydrogen-bond acceptors (Lipinski definition) is 3. The van der Waals surface area contributed by atoms with Crippen LogP contribution in [0.25, 0.3) is 20.7 Å². The van der Waals surface area contributed by atoms with Gasteiger partial charge in [-0.2, -0.15) is 5.10 Å². The molecule has 0 saturated carbocycles. The van der Waals surface area contributed by atoms with Crippen LogP contribution >= 0.6 is 11.3 Å². The molecule has 0 saturated heterocycles. The van der Waals surface area contributed by atoms with Crippen LogP contribution in [0.15, 0.2) is 30.3 Å². The maximum Gasteiger partial charge on any atom is 0.336 e. The van der Waals surface area contributed by atoms with E-state index in [4.69, 9.17) is 0 Å². The summed E-state index contributed by atoms with van der Waals surface area (Å²) in [5, 5.41) is 14.7. The standard InChI is InChI=1S/C14H12N2O2S/c1-8-11-7-12(19-13(11)16(2)15-8)9-5-3-4-6-10(9)14(17)18/h3-7H,1-2H3,(H,17,18). The van der Waals surface area contributed by atoms with Crippen LogP contribution in [0.1, 0.15) is 16.1 Å². The molecule has 0 aliphatic carbocycles. The van der Waals surface area contributed by atoms with Crippen LogP contribution < -0.4 is 0 Å². The molecule has 0 bridgehead atoms. The van der Waals surface area contributed by atoms with E-state index in [0.717, 1.165) is 26.4 Å². The van der Waals surface area contributed by atoms with Crippen molar-refractivity contribution in [1.29, 1.82) is 0 Å². The van der Waals surface area contributed by atoms with Crippen LogP contribution in [0.2, 0.25) is 0 Å². The van der Waals surface area contributed by atoms with Gasteiger partial charge in [-0.3, -0.25) is 4.68 Å². The normalized spacial score (nSPS) is 11.1. The molecule has 0 radical (unpaired) electrons. The summed E-state index contributed by atoms with van der Waals surface area (Å²) in [5.41, 5.74) is 2.06. The Bertz CT molecular complexity index is 751. The number of aryl methyl sites for hydroxylation is 2. The fourth-order valence-corrected chi connectivity index (χ4v) is 3.39. The fourth-order valence-electron chi connectivity index (χ4n) is 2.22. The van der Waals surface area contributed by atoms with Gasteiger partial charge in [0.05, 0.1) is 11.3 Å². The molecule has 0 atom stereocenters. The fraction of sp³-hybridized carbons (Fsp3) is 0.143. The molecular formula is C14H12N2O2S. The molecule has 2 heterocycles. The lowest BCUT2D eigenvalue weighted by Crippen LogP contribution is -1.98. The van der Waals surface area contributed by atoms with Gasteiger partial charge in [-0.1, -0.05) is 18.2 Å². The van der Waals surface area contributed by atoms with Crippen molar-refractivity contribution in [3.05, 3.63) is 41.6 Å². The van der Waals surface area contributed by atoms with Crippen molar-refractivity contribution in [1.82, 2.24) is 9.78 Å². The number of carboxylic acid groups (broad SMARTS) is 1. The van der Waals surface area contributed by atoms with Crippen LogP contribution in [0.5, 0.6) is 0 Å². The monoisotopic (exact) mass is 272 g/mol. The van der Waals surface area contributed by atoms with E-state index in [1.54, 1.807) is 23.5 Å². The minimum Gasteiger partial charge on any atom is -0.478 e. The smallest absolute Gasteiger partial charge is 0.336 e. The van der Waals surface area contributed by atoms with Crippen molar-refractivity contribution < 1.29 is 9.90 Å². The molecule has 1 aromatic carbocycles. The van der Waals surface area contributed by atoms with E-state index >= 15 is 0 Å². The zero-order valence-electron chi connectivity index (χ0n) is 10.5. The molecule has 5 heteroatoms. The minimum absolute atomic E-state index is 0.333. The second kappa shape index (κ2) is 4.20. The highest BCUT2D eigenvalue weighted by molar-refractivity contribution is 7.22. The summed E-state index contributed by atoms with van der Waals surface area (Å²) < 4.78 is 1.84. The quantitative estimate of drug-likeness (QED) is 0.778. The van der Waals surface area contributed by atoms with E-state index in [1.807, 2.05) is 36.9 Å². The van der Waals surface area contributed by atoms with E-state index in [-0.39, 0.29) is 0 Å². The molecule has 4 nitrogen and oxygen atoms in total. The summed E-state index contributed by atoms with van der Waals surface area (Å²) in [7, 11) is 1.90. The third-order valence-corrected chi connectivity index (χ3v) is 4.35. The van der Waals surface area contributed by atoms with E-state index in [9.17, 15) is 9.90 Å². The molecule has 0 amide bonds. The average Bonchev–Trinajstić information content (AvgIpc) is 2.92. The van der Waals surface area contributed by atoms with E-state index in [2.05, 4.69) is 5.10 Å². The molecule has 3 aromatic rings. The summed E-state index contributed by atoms with van der Waals surface area (Å²) in [6.07, 6.45) is 0. The van der Waals surface area contributed by atoms with Crippen LogP contribution in [-0.4, -0.2) is 20.9 Å². The number of carbonyl (C=O) groups is 1. The number of aromatic nitrogens is 2. The highest BCUT2D eigenvalue weighted by Crippen LogP contribution is 2.36. The van der Waals surface area contributed by atoms with Crippen molar-refractivity contribution in [2.24, 2.45) is 7.05 Å². The first-order valence-corrected chi connectivity index (χ1v) is 6.65. The Labute approximate surface area is 113 Å². The zero-order valence-corrected chi connectivity index (χ0v) is 11.4. The van der Waals surface area contributed by atoms with Gasteiger partial charge in [-0.15, -0.1) is 11.3 Å². The number of fused-ring (bicyclic) bond motifs is 1. The van der Waals surface area contributed by atoms with Gasteiger partial charge in [-0.25, -0.2) is 4.79 Å². The molecule has 96 valence electrons. The van der Waals surface area contributed by atoms with Crippen LogP contribution in [-0.2, 0) is 7.05 Å². The first kappa shape index (κ1) is 11.9. The molecule has 0 aliphatic rings. The number of hydrogen-bond donors (Lipinski definition) is 1. The molecule has 0 fully saturated rings. The molecule has 3 rings (SSSR count). The minimum atomic E-state index is -0.900. The van der Waals surface area contributed by atoms with Gasteiger partial charge in [0.25, 0.3) is 0 Å². The average molecular weight is 272 g/mol. The largest absolute Gasteiger partial charge is 0.478 e. The summed E-state index contributed by atoms with van der Waals surface area (Å²) in [6.45, 7) is 1.96. The number of benzene rings is 1. The summed E-state index contributed by atoms with van der Waals surface area (Å²) >= 11 is 1.57. The van der Waals surface area contributed by atoms with Gasteiger partial charge in [-0.05, 0) is 19.1 Å². The van der Waals surface area contributed by atoms with Crippen LogP contribution in [0.4, 0.5) is 0 Å². The second-order valence-corrected chi connectivity index (χ2v) is 5.42. The molecule has 2 aromatic heterocycles. The summed E-state index contributed by atoms with van der Waals surface area (Å²) in [4.78, 5) is 13.3. The number of carboxylic acids is 1. The van der Waals surface area contributed by atoms with Gasteiger partial charge >= 0.3 is 5.97 Å². The summed E-state index contributed by atoms with van der Waals surface area (Å²) in [6, 6.07) is 9.10. The predicted molar refractivity (Wildman–Crippen MR) is 75.7 cm³/mol. The second-order valence-electron chi connectivity index (χ2n) is 4.39. The topological polar surface area (TPSA) is 55.1 Å². The molecule has 1 N–H and O–H groups in total. The lowest BCUT2D eigenvalue weighted by Gasteiger charge is -2.02. The highest BCUT2D eigenvalue weighted by Gasteiger charge is 2.15. The Morgan fingerprint density at radius 1 is 1.37 bits per heavy atom. The molecule has 19 heavy (non-hydrogen) atoms. The predicted octanol–water partition coefficient (Wildman–Crippen LogP) is 3.31. The maximum absolute atomic E-state index is 11.3. The Morgan fingerprint density at radius 2 is 2.11 bits per heavy atom. The highest BCUT2D eigenvalue weighted by atomic mass is 32.1. The SMILES string of the molecule is Cc1nn(C)c2sc(-c3ccccc3C(=O)O)cc12. The molecular weight excluding hydrogens is 260 g/mol. The zero-order chi connectivity index (χ0) is 13.6. The van der Waals surface area contributed by atoms with Crippen molar-refractivity contribution in [3.8, 4) is 10.4 Å².